The molecule has 3 aromatic rings. The van der Waals surface area contributed by atoms with E-state index in [2.05, 4.69) is 15.9 Å². The van der Waals surface area contributed by atoms with Gasteiger partial charge in [-0.3, -0.25) is 4.79 Å². The fourth-order valence-corrected chi connectivity index (χ4v) is 4.93. The Bertz CT molecular complexity index is 1160. The number of hydrogen-bond acceptors (Lipinski definition) is 6. The number of β-lactam (4-membered cyclic amide) rings is 1. The molecular weight excluding hydrogens is 514 g/mol. The van der Waals surface area contributed by atoms with E-state index in [1.54, 1.807) is 45.5 Å². The summed E-state index contributed by atoms with van der Waals surface area (Å²) in [7, 11) is 6.27. The molecule has 35 heavy (non-hydrogen) atoms. The SMILES string of the molecule is COc1ccc([C@H]2[C@H](CBr)C(=O)N2c2cc(OC)c(OC)c(OC)c2)cc1OCc1ccccc1. The molecule has 0 aliphatic carbocycles. The lowest BCUT2D eigenvalue weighted by molar-refractivity contribution is -0.129. The summed E-state index contributed by atoms with van der Waals surface area (Å²) >= 11 is 3.52. The first kappa shape index (κ1) is 24.7. The van der Waals surface area contributed by atoms with Crippen molar-refractivity contribution in [1.29, 1.82) is 0 Å². The summed E-state index contributed by atoms with van der Waals surface area (Å²) in [6.07, 6.45) is 0. The number of hydrogen-bond donors (Lipinski definition) is 0. The highest BCUT2D eigenvalue weighted by Crippen LogP contribution is 2.49. The monoisotopic (exact) mass is 541 g/mol. The lowest BCUT2D eigenvalue weighted by atomic mass is 9.83. The number of benzene rings is 3. The van der Waals surface area contributed by atoms with E-state index in [1.165, 1.54) is 0 Å². The van der Waals surface area contributed by atoms with E-state index < -0.39 is 0 Å². The highest BCUT2D eigenvalue weighted by molar-refractivity contribution is 9.09. The summed E-state index contributed by atoms with van der Waals surface area (Å²) in [4.78, 5) is 14.9. The predicted molar refractivity (Wildman–Crippen MR) is 137 cm³/mol. The Kier molecular flexibility index (Phi) is 7.70. The second kappa shape index (κ2) is 10.9. The Balaban J connectivity index is 1.70. The molecule has 1 aliphatic rings. The summed E-state index contributed by atoms with van der Waals surface area (Å²) in [5.41, 5.74) is 2.65. The Morgan fingerprint density at radius 2 is 1.46 bits per heavy atom. The highest BCUT2D eigenvalue weighted by Gasteiger charge is 2.48. The molecule has 0 radical (unpaired) electrons. The lowest BCUT2D eigenvalue weighted by Gasteiger charge is -2.47. The van der Waals surface area contributed by atoms with Gasteiger partial charge >= 0.3 is 0 Å². The van der Waals surface area contributed by atoms with Gasteiger partial charge in [0.05, 0.1) is 46.1 Å². The van der Waals surface area contributed by atoms with Crippen molar-refractivity contribution in [3.63, 3.8) is 0 Å². The molecule has 0 saturated carbocycles. The van der Waals surface area contributed by atoms with Crippen LogP contribution in [0.4, 0.5) is 5.69 Å². The fourth-order valence-electron chi connectivity index (χ4n) is 4.30. The molecule has 2 atom stereocenters. The zero-order valence-corrected chi connectivity index (χ0v) is 21.7. The second-order valence-electron chi connectivity index (χ2n) is 7.98. The first-order valence-electron chi connectivity index (χ1n) is 11.1. The first-order chi connectivity index (χ1) is 17.1. The maximum atomic E-state index is 13.2. The molecule has 1 saturated heterocycles. The van der Waals surface area contributed by atoms with Gasteiger partial charge in [0.2, 0.25) is 11.7 Å². The molecule has 3 aromatic carbocycles. The maximum absolute atomic E-state index is 13.2. The molecule has 0 spiro atoms. The number of carbonyl (C=O) groups is 1. The summed E-state index contributed by atoms with van der Waals surface area (Å²) in [6, 6.07) is 19.1. The number of anilines is 1. The summed E-state index contributed by atoms with van der Waals surface area (Å²) in [5, 5.41) is 0.531. The number of rotatable bonds is 10. The molecule has 0 bridgehead atoms. The Morgan fingerprint density at radius 3 is 2.03 bits per heavy atom. The van der Waals surface area contributed by atoms with Gasteiger partial charge in [-0.15, -0.1) is 0 Å². The van der Waals surface area contributed by atoms with Crippen LogP contribution >= 0.6 is 15.9 Å². The van der Waals surface area contributed by atoms with Crippen LogP contribution in [0, 0.1) is 5.92 Å². The number of carbonyl (C=O) groups excluding carboxylic acids is 1. The van der Waals surface area contributed by atoms with Gasteiger partial charge in [-0.2, -0.15) is 0 Å². The van der Waals surface area contributed by atoms with E-state index in [9.17, 15) is 4.79 Å². The smallest absolute Gasteiger partial charge is 0.233 e. The minimum atomic E-state index is -0.232. The highest BCUT2D eigenvalue weighted by atomic mass is 79.9. The van der Waals surface area contributed by atoms with Crippen LogP contribution in [0.2, 0.25) is 0 Å². The molecule has 0 aromatic heterocycles. The van der Waals surface area contributed by atoms with Crippen molar-refractivity contribution < 1.29 is 28.5 Å². The summed E-state index contributed by atoms with van der Waals surface area (Å²) < 4.78 is 28.1. The Hall–Kier alpha value is -3.39. The van der Waals surface area contributed by atoms with Crippen molar-refractivity contribution >= 4 is 27.5 Å². The lowest BCUT2D eigenvalue weighted by Crippen LogP contribution is -2.56. The average molecular weight is 542 g/mol. The van der Waals surface area contributed by atoms with Gasteiger partial charge in [-0.05, 0) is 23.3 Å². The predicted octanol–water partition coefficient (Wildman–Crippen LogP) is 5.40. The van der Waals surface area contributed by atoms with Crippen LogP contribution in [0.3, 0.4) is 0 Å². The van der Waals surface area contributed by atoms with Crippen LogP contribution in [0.15, 0.2) is 60.7 Å². The third-order valence-electron chi connectivity index (χ3n) is 6.07. The molecule has 0 unspecified atom stereocenters. The van der Waals surface area contributed by atoms with Crippen LogP contribution in [0.25, 0.3) is 0 Å². The zero-order valence-electron chi connectivity index (χ0n) is 20.1. The van der Waals surface area contributed by atoms with Crippen molar-refractivity contribution in [1.82, 2.24) is 0 Å². The van der Waals surface area contributed by atoms with Gasteiger partial charge < -0.3 is 28.6 Å². The number of ether oxygens (including phenoxy) is 5. The normalized spacial score (nSPS) is 16.9. The molecule has 0 N–H and O–H groups in total. The standard InChI is InChI=1S/C27H28BrNO6/c1-31-21-11-10-18(12-22(21)35-16-17-8-6-5-7-9-17)25-20(15-28)27(30)29(25)19-13-23(32-2)26(34-4)24(14-19)33-3/h5-14,20,25H,15-16H2,1-4H3/t20-,25-/m0/s1. The number of halogens is 1. The molecule has 1 aliphatic heterocycles. The summed E-state index contributed by atoms with van der Waals surface area (Å²) in [5.74, 6) is 2.46. The molecule has 8 heteroatoms. The summed E-state index contributed by atoms with van der Waals surface area (Å²) in [6.45, 7) is 0.405. The zero-order chi connectivity index (χ0) is 24.9. The van der Waals surface area contributed by atoms with E-state index in [0.29, 0.717) is 46.4 Å². The molecule has 1 fully saturated rings. The second-order valence-corrected chi connectivity index (χ2v) is 8.63. The molecular formula is C27H28BrNO6. The number of methoxy groups -OCH3 is 4. The van der Waals surface area contributed by atoms with Crippen LogP contribution in [-0.4, -0.2) is 39.7 Å². The maximum Gasteiger partial charge on any atom is 0.233 e. The molecule has 1 amide bonds. The van der Waals surface area contributed by atoms with E-state index >= 15 is 0 Å². The Morgan fingerprint density at radius 1 is 0.800 bits per heavy atom. The Labute approximate surface area is 213 Å². The van der Waals surface area contributed by atoms with E-state index in [4.69, 9.17) is 23.7 Å². The van der Waals surface area contributed by atoms with Gasteiger partial charge in [0.15, 0.2) is 23.0 Å². The van der Waals surface area contributed by atoms with Crippen molar-refractivity contribution in [2.45, 2.75) is 12.6 Å². The van der Waals surface area contributed by atoms with Gasteiger partial charge in [0.25, 0.3) is 0 Å². The van der Waals surface area contributed by atoms with Gasteiger partial charge in [0, 0.05) is 17.5 Å². The van der Waals surface area contributed by atoms with Gasteiger partial charge in [0.1, 0.15) is 6.61 Å². The number of nitrogens with zero attached hydrogens (tertiary/aromatic N) is 1. The molecule has 184 valence electrons. The molecule has 7 nitrogen and oxygen atoms in total. The van der Waals surface area contributed by atoms with Crippen molar-refractivity contribution in [2.24, 2.45) is 5.92 Å². The average Bonchev–Trinajstić information content (AvgIpc) is 2.90. The topological polar surface area (TPSA) is 66.5 Å². The number of alkyl halides is 1. The van der Waals surface area contributed by atoms with Crippen molar-refractivity contribution in [3.8, 4) is 28.7 Å². The van der Waals surface area contributed by atoms with Crippen LogP contribution in [0.5, 0.6) is 28.7 Å². The van der Waals surface area contributed by atoms with Crippen LogP contribution in [-0.2, 0) is 11.4 Å². The minimum Gasteiger partial charge on any atom is -0.493 e. The van der Waals surface area contributed by atoms with Crippen molar-refractivity contribution in [2.75, 3.05) is 38.7 Å². The van der Waals surface area contributed by atoms with Gasteiger partial charge in [-0.25, -0.2) is 0 Å². The quantitative estimate of drug-likeness (QED) is 0.253. The van der Waals surface area contributed by atoms with E-state index in [-0.39, 0.29) is 17.9 Å². The minimum absolute atomic E-state index is 0.00344. The van der Waals surface area contributed by atoms with Gasteiger partial charge in [-0.1, -0.05) is 52.3 Å². The largest absolute Gasteiger partial charge is 0.493 e. The van der Waals surface area contributed by atoms with Crippen LogP contribution < -0.4 is 28.6 Å². The molecule has 4 rings (SSSR count). The third-order valence-corrected chi connectivity index (χ3v) is 6.77. The van der Waals surface area contributed by atoms with E-state index in [0.717, 1.165) is 11.1 Å². The first-order valence-corrected chi connectivity index (χ1v) is 12.2. The number of amides is 1. The third kappa shape index (κ3) is 4.75. The van der Waals surface area contributed by atoms with Crippen LogP contribution in [0.1, 0.15) is 17.2 Å². The fraction of sp³-hybridized carbons (Fsp3) is 0.296. The molecule has 1 heterocycles. The van der Waals surface area contributed by atoms with E-state index in [1.807, 2.05) is 48.5 Å². The van der Waals surface area contributed by atoms with Crippen molar-refractivity contribution in [3.05, 3.63) is 71.8 Å².